The number of aromatic nitrogens is 8. The monoisotopic (exact) mass is 1620 g/mol. The first-order chi connectivity index (χ1) is 61.4. The molecule has 24 rings (SSSR count). The van der Waals surface area contributed by atoms with Gasteiger partial charge in [-0.2, -0.15) is 10.2 Å². The highest BCUT2D eigenvalue weighted by molar-refractivity contribution is 7.26. The predicted octanol–water partition coefficient (Wildman–Crippen LogP) is 30.6. The van der Waals surface area contributed by atoms with Gasteiger partial charge in [0, 0.05) is 118 Å². The summed E-state index contributed by atoms with van der Waals surface area (Å²) in [4.78, 5) is 20.9. The van der Waals surface area contributed by atoms with Crippen LogP contribution in [-0.2, 0) is 0 Å². The topological polar surface area (TPSA) is 86.2 Å². The molecule has 0 unspecified atom stereocenters. The van der Waals surface area contributed by atoms with E-state index in [0.29, 0.717) is 11.6 Å². The highest BCUT2D eigenvalue weighted by Crippen LogP contribution is 2.47. The van der Waals surface area contributed by atoms with Crippen LogP contribution in [0.3, 0.4) is 0 Å². The average molecular weight is 1620 g/mol. The van der Waals surface area contributed by atoms with Crippen molar-refractivity contribution >= 4 is 95.6 Å². The van der Waals surface area contributed by atoms with E-state index in [4.69, 9.17) is 30.1 Å². The molecule has 0 amide bonds. The molecular formula is C114H72N8S2. The molecule has 0 aliphatic heterocycles. The normalized spacial score (nSPS) is 11.5. The van der Waals surface area contributed by atoms with Gasteiger partial charge in [0.15, 0.2) is 11.6 Å². The number of hydrogen-bond acceptors (Lipinski definition) is 8. The fraction of sp³-hybridized carbons (Fsp3) is 0. The largest absolute Gasteiger partial charge is 0.231 e. The van der Waals surface area contributed by atoms with Crippen molar-refractivity contribution in [3.05, 3.63) is 437 Å². The molecule has 16 aromatic carbocycles. The Hall–Kier alpha value is -16.0. The van der Waals surface area contributed by atoms with Gasteiger partial charge in [0.25, 0.3) is 0 Å². The highest BCUT2D eigenvalue weighted by atomic mass is 32.1. The summed E-state index contributed by atoms with van der Waals surface area (Å²) in [6.45, 7) is 0. The molecule has 0 radical (unpaired) electrons. The third kappa shape index (κ3) is 13.5. The van der Waals surface area contributed by atoms with Gasteiger partial charge in [-0.3, -0.25) is 0 Å². The highest BCUT2D eigenvalue weighted by Gasteiger charge is 2.26. The van der Waals surface area contributed by atoms with Crippen LogP contribution in [0.4, 0.5) is 0 Å². The first-order valence-electron chi connectivity index (χ1n) is 41.7. The molecule has 0 aliphatic rings. The van der Waals surface area contributed by atoms with Crippen LogP contribution in [0.5, 0.6) is 0 Å². The number of thiophene rings is 2. The molecule has 0 saturated heterocycles. The summed E-state index contributed by atoms with van der Waals surface area (Å²) in [5.74, 6) is 1.36. The first-order valence-corrected chi connectivity index (χ1v) is 43.3. The third-order valence-electron chi connectivity index (χ3n) is 23.6. The Bertz CT molecular complexity index is 8210. The van der Waals surface area contributed by atoms with E-state index < -0.39 is 0 Å². The van der Waals surface area contributed by atoms with E-state index in [2.05, 4.69) is 409 Å². The van der Waals surface area contributed by atoms with E-state index in [1.54, 1.807) is 0 Å². The predicted molar refractivity (Wildman–Crippen MR) is 518 cm³/mol. The van der Waals surface area contributed by atoms with Crippen molar-refractivity contribution in [2.24, 2.45) is 0 Å². The molecule has 0 atom stereocenters. The number of nitrogens with zero attached hydrogens (tertiary/aromatic N) is 8. The third-order valence-corrected chi connectivity index (χ3v) is 26.0. The molecule has 24 aromatic rings. The molecule has 10 heteroatoms. The zero-order valence-corrected chi connectivity index (χ0v) is 68.6. The van der Waals surface area contributed by atoms with Crippen LogP contribution in [-0.4, -0.2) is 39.2 Å². The number of pyridine rings is 2. The van der Waals surface area contributed by atoms with Gasteiger partial charge >= 0.3 is 0 Å². The maximum Gasteiger partial charge on any atom is 0.160 e. The summed E-state index contributed by atoms with van der Waals surface area (Å²) in [7, 11) is 0. The zero-order valence-electron chi connectivity index (χ0n) is 67.0. The van der Waals surface area contributed by atoms with E-state index in [-0.39, 0.29) is 0 Å². The quantitative estimate of drug-likeness (QED) is 0.108. The molecule has 0 bridgehead atoms. The van der Waals surface area contributed by atoms with Crippen molar-refractivity contribution in [1.29, 1.82) is 0 Å². The van der Waals surface area contributed by atoms with Crippen molar-refractivity contribution in [3.8, 4) is 157 Å². The van der Waals surface area contributed by atoms with Crippen LogP contribution in [0.1, 0.15) is 0 Å². The summed E-state index contributed by atoms with van der Waals surface area (Å²) in [5.41, 5.74) is 28.8. The molecule has 0 N–H and O–H groups in total. The fourth-order valence-electron chi connectivity index (χ4n) is 17.6. The molecule has 580 valence electrons. The Balaban J connectivity index is 0.000000143. The second kappa shape index (κ2) is 31.3. The van der Waals surface area contributed by atoms with Crippen LogP contribution in [0, 0.1) is 0 Å². The van der Waals surface area contributed by atoms with Crippen LogP contribution in [0.15, 0.2) is 437 Å². The second-order valence-corrected chi connectivity index (χ2v) is 33.4. The van der Waals surface area contributed by atoms with E-state index in [1.807, 2.05) is 59.1 Å². The van der Waals surface area contributed by atoms with Crippen molar-refractivity contribution < 1.29 is 0 Å². The first kappa shape index (κ1) is 73.2. The maximum atomic E-state index is 5.51. The van der Waals surface area contributed by atoms with E-state index in [0.717, 1.165) is 151 Å². The summed E-state index contributed by atoms with van der Waals surface area (Å²) in [6, 6.07) is 155. The minimum absolute atomic E-state index is 0.678. The van der Waals surface area contributed by atoms with Gasteiger partial charge in [-0.25, -0.2) is 29.0 Å². The fourth-order valence-corrected chi connectivity index (χ4v) is 19.8. The van der Waals surface area contributed by atoms with Gasteiger partial charge < -0.3 is 0 Å². The lowest BCUT2D eigenvalue weighted by atomic mass is 9.95. The van der Waals surface area contributed by atoms with Crippen LogP contribution >= 0.6 is 22.7 Å². The molecule has 8 heterocycles. The maximum absolute atomic E-state index is 5.51. The lowest BCUT2D eigenvalue weighted by Gasteiger charge is -2.12. The Labute approximate surface area is 723 Å². The smallest absolute Gasteiger partial charge is 0.160 e. The van der Waals surface area contributed by atoms with E-state index in [1.165, 1.54) is 67.8 Å². The van der Waals surface area contributed by atoms with Crippen molar-refractivity contribution in [3.63, 3.8) is 0 Å². The zero-order chi connectivity index (χ0) is 82.0. The molecule has 124 heavy (non-hydrogen) atoms. The Morgan fingerprint density at radius 2 is 0.468 bits per heavy atom. The summed E-state index contributed by atoms with van der Waals surface area (Å²) >= 11 is 3.69. The molecule has 0 aliphatic carbocycles. The van der Waals surface area contributed by atoms with Crippen molar-refractivity contribution in [1.82, 2.24) is 39.2 Å². The summed E-state index contributed by atoms with van der Waals surface area (Å²) < 4.78 is 9.51. The second-order valence-electron chi connectivity index (χ2n) is 31.3. The average Bonchev–Trinajstić information content (AvgIpc) is 1.57. The minimum atomic E-state index is 0.678. The molecular weight excluding hydrogens is 1550 g/mol. The molecule has 8 nitrogen and oxygen atoms in total. The molecule has 0 spiro atoms. The van der Waals surface area contributed by atoms with E-state index >= 15 is 0 Å². The Morgan fingerprint density at radius 1 is 0.177 bits per heavy atom. The minimum Gasteiger partial charge on any atom is -0.231 e. The molecule has 0 saturated carbocycles. The van der Waals surface area contributed by atoms with Gasteiger partial charge in [-0.1, -0.05) is 358 Å². The van der Waals surface area contributed by atoms with Crippen LogP contribution in [0.25, 0.3) is 230 Å². The molecule has 8 aromatic heterocycles. The SMILES string of the molecule is c1ccc(-c2nc(-c3ccc(-c4ccc5sc6ccccc6c5c4)cc3)cc(-c3cccc(-c4nn5c(-c6ccccc6)cc6ccccc6c5c4-c4ccccc4)c3)n2)cc1.c1ccc(-c2nc(-c3cccc(-c4ccc5sc6ccccc6c5c4)c3)cc(-c3cccc(-c4nn5c(-c6ccccc6)cc6ccccc6c5c4-c4ccccc4)c3)n2)cc1. The van der Waals surface area contributed by atoms with Gasteiger partial charge in [0.05, 0.1) is 45.2 Å². The summed E-state index contributed by atoms with van der Waals surface area (Å²) in [5, 5.41) is 20.8. The van der Waals surface area contributed by atoms with Gasteiger partial charge in [-0.05, 0) is 123 Å². The van der Waals surface area contributed by atoms with Crippen LogP contribution < -0.4 is 0 Å². The lowest BCUT2D eigenvalue weighted by molar-refractivity contribution is 0.979. The Kier molecular flexibility index (Phi) is 18.5. The van der Waals surface area contributed by atoms with Gasteiger partial charge in [0.1, 0.15) is 11.4 Å². The van der Waals surface area contributed by atoms with E-state index in [9.17, 15) is 0 Å². The Morgan fingerprint density at radius 3 is 0.887 bits per heavy atom. The van der Waals surface area contributed by atoms with Crippen molar-refractivity contribution in [2.75, 3.05) is 0 Å². The van der Waals surface area contributed by atoms with Gasteiger partial charge in [-0.15, -0.1) is 22.7 Å². The van der Waals surface area contributed by atoms with Crippen molar-refractivity contribution in [2.45, 2.75) is 0 Å². The number of benzene rings is 16. The molecule has 0 fully saturated rings. The summed E-state index contributed by atoms with van der Waals surface area (Å²) in [6.07, 6.45) is 0. The standard InChI is InChI=1S/2C57H36N4S/c1-4-16-37(17-5-1)51-35-42-22-10-11-27-46(42)56-54(38-18-6-2-7-19-38)55(60-61(51)56)45-26-15-25-44(33-45)50-36-49(58-57(59-50)39-20-8-3-9-21-39)43-24-14-23-40(32-43)41-30-31-53-48(34-41)47-28-12-13-29-52(47)62-53;1-4-15-39(16-5-1)51-35-43-21-10-11-24-46(43)56-54(40-17-6-2-7-18-40)55(60-61(51)56)45-23-14-22-44(33-45)50-36-49(58-57(59-50)41-19-8-3-9-20-41)38-29-27-37(28-30-38)42-31-32-53-48(34-42)47-25-12-13-26-52(47)62-53/h2*1-36H. The van der Waals surface area contributed by atoms with Gasteiger partial charge in [0.2, 0.25) is 0 Å². The number of hydrogen-bond donors (Lipinski definition) is 0. The number of rotatable bonds is 14. The lowest BCUT2D eigenvalue weighted by Crippen LogP contribution is -1.96. The number of fused-ring (bicyclic) bond motifs is 12. The van der Waals surface area contributed by atoms with Crippen LogP contribution in [0.2, 0.25) is 0 Å².